The normalized spacial score (nSPS) is 11.1. The number of benzene rings is 2. The van der Waals surface area contributed by atoms with Crippen molar-refractivity contribution in [2.45, 2.75) is 18.2 Å². The summed E-state index contributed by atoms with van der Waals surface area (Å²) in [6, 6.07) is 10.0. The van der Waals surface area contributed by atoms with Crippen molar-refractivity contribution in [3.05, 3.63) is 67.4 Å². The summed E-state index contributed by atoms with van der Waals surface area (Å²) in [6.45, 7) is 0.938. The number of rotatable bonds is 8. The minimum atomic E-state index is -0.218. The van der Waals surface area contributed by atoms with Crippen LogP contribution >= 0.6 is 46.6 Å². The van der Waals surface area contributed by atoms with Crippen molar-refractivity contribution in [1.82, 2.24) is 14.9 Å². The first kappa shape index (κ1) is 22.9. The zero-order valence-corrected chi connectivity index (χ0v) is 19.0. The molecule has 1 N–H and O–H groups in total. The first-order valence-electron chi connectivity index (χ1n) is 8.91. The number of halogens is 3. The van der Waals surface area contributed by atoms with Crippen molar-refractivity contribution < 1.29 is 9.53 Å². The zero-order valence-electron chi connectivity index (χ0n) is 16.0. The van der Waals surface area contributed by atoms with Gasteiger partial charge in [-0.1, -0.05) is 52.6 Å². The van der Waals surface area contributed by atoms with Gasteiger partial charge in [-0.25, -0.2) is 4.98 Å². The van der Waals surface area contributed by atoms with Crippen LogP contribution < -0.4 is 10.9 Å². The first-order valence-corrected chi connectivity index (χ1v) is 11.0. The molecule has 0 spiro atoms. The lowest BCUT2D eigenvalue weighted by atomic mass is 10.2. The molecular weight excluding hydrogens is 469 g/mol. The average molecular weight is 487 g/mol. The second-order valence-electron chi connectivity index (χ2n) is 6.31. The van der Waals surface area contributed by atoms with Gasteiger partial charge in [0.1, 0.15) is 0 Å². The number of fused-ring (bicyclic) bond motifs is 1. The molecule has 1 aromatic heterocycles. The molecule has 6 nitrogen and oxygen atoms in total. The third-order valence-electron chi connectivity index (χ3n) is 4.22. The number of aromatic nitrogens is 2. The SMILES string of the molecule is COCCn1c(SCC(=O)NCc2ccc(Cl)cc2Cl)nc2cc(Cl)ccc2c1=O. The Morgan fingerprint density at radius 2 is 1.90 bits per heavy atom. The summed E-state index contributed by atoms with van der Waals surface area (Å²) in [7, 11) is 1.56. The van der Waals surface area contributed by atoms with Crippen molar-refractivity contribution >= 4 is 63.4 Å². The number of amides is 1. The molecule has 0 bridgehead atoms. The van der Waals surface area contributed by atoms with Gasteiger partial charge in [-0.2, -0.15) is 0 Å². The molecule has 30 heavy (non-hydrogen) atoms. The second kappa shape index (κ2) is 10.5. The molecule has 158 valence electrons. The Kier molecular flexibility index (Phi) is 8.02. The van der Waals surface area contributed by atoms with Crippen molar-refractivity contribution in [3.8, 4) is 0 Å². The predicted molar refractivity (Wildman–Crippen MR) is 122 cm³/mol. The standard InChI is InChI=1S/C20H18Cl3N3O3S/c1-29-7-6-26-19(28)15-5-4-14(22)9-17(15)25-20(26)30-11-18(27)24-10-12-2-3-13(21)8-16(12)23/h2-5,8-9H,6-7,10-11H2,1H3,(H,24,27). The number of hydrogen-bond acceptors (Lipinski definition) is 5. The third-order valence-corrected chi connectivity index (χ3v) is 6.02. The summed E-state index contributed by atoms with van der Waals surface area (Å²) in [5, 5.41) is 5.18. The number of methoxy groups -OCH3 is 1. The van der Waals surface area contributed by atoms with Crippen LogP contribution in [-0.2, 0) is 22.6 Å². The molecule has 1 amide bonds. The molecule has 3 rings (SSSR count). The van der Waals surface area contributed by atoms with Gasteiger partial charge in [-0.15, -0.1) is 0 Å². The molecule has 1 heterocycles. The summed E-state index contributed by atoms with van der Waals surface area (Å²) in [5.41, 5.74) is 1.04. The van der Waals surface area contributed by atoms with Crippen molar-refractivity contribution in [2.75, 3.05) is 19.5 Å². The molecule has 10 heteroatoms. The van der Waals surface area contributed by atoms with E-state index in [-0.39, 0.29) is 23.8 Å². The van der Waals surface area contributed by atoms with Gasteiger partial charge in [0, 0.05) is 28.7 Å². The third kappa shape index (κ3) is 5.68. The Labute approximate surface area is 192 Å². The summed E-state index contributed by atoms with van der Waals surface area (Å²) in [5.74, 6) is -0.138. The molecule has 0 saturated carbocycles. The largest absolute Gasteiger partial charge is 0.383 e. The van der Waals surface area contributed by atoms with Gasteiger partial charge in [-0.05, 0) is 35.9 Å². The van der Waals surface area contributed by atoms with Gasteiger partial charge < -0.3 is 10.1 Å². The first-order chi connectivity index (χ1) is 14.4. The zero-order chi connectivity index (χ0) is 21.7. The van der Waals surface area contributed by atoms with Gasteiger partial charge in [-0.3, -0.25) is 14.2 Å². The summed E-state index contributed by atoms with van der Waals surface area (Å²) >= 11 is 19.2. The highest BCUT2D eigenvalue weighted by Gasteiger charge is 2.14. The van der Waals surface area contributed by atoms with Crippen LogP contribution in [0.4, 0.5) is 0 Å². The van der Waals surface area contributed by atoms with Crippen LogP contribution in [0.2, 0.25) is 15.1 Å². The van der Waals surface area contributed by atoms with Crippen molar-refractivity contribution in [1.29, 1.82) is 0 Å². The summed E-state index contributed by atoms with van der Waals surface area (Å²) in [4.78, 5) is 29.7. The van der Waals surface area contributed by atoms with Crippen molar-refractivity contribution in [2.24, 2.45) is 0 Å². The van der Waals surface area contributed by atoms with E-state index >= 15 is 0 Å². The monoisotopic (exact) mass is 485 g/mol. The summed E-state index contributed by atoms with van der Waals surface area (Å²) in [6.07, 6.45) is 0. The molecule has 0 atom stereocenters. The lowest BCUT2D eigenvalue weighted by Crippen LogP contribution is -2.27. The number of ether oxygens (including phenoxy) is 1. The molecule has 2 aromatic carbocycles. The number of nitrogens with zero attached hydrogens (tertiary/aromatic N) is 2. The van der Waals surface area contributed by atoms with E-state index in [4.69, 9.17) is 39.5 Å². The van der Waals surface area contributed by atoms with Crippen LogP contribution in [-0.4, -0.2) is 34.9 Å². The number of hydrogen-bond donors (Lipinski definition) is 1. The van der Waals surface area contributed by atoms with E-state index in [0.717, 1.165) is 5.56 Å². The Morgan fingerprint density at radius 3 is 2.63 bits per heavy atom. The highest BCUT2D eigenvalue weighted by Crippen LogP contribution is 2.22. The number of thioether (sulfide) groups is 1. The molecule has 3 aromatic rings. The van der Waals surface area contributed by atoms with Crippen molar-refractivity contribution in [3.63, 3.8) is 0 Å². The van der Waals surface area contributed by atoms with Crippen LogP contribution in [0.1, 0.15) is 5.56 Å². The fourth-order valence-electron chi connectivity index (χ4n) is 2.70. The van der Waals surface area contributed by atoms with E-state index in [0.29, 0.717) is 44.3 Å². The van der Waals surface area contributed by atoms with E-state index < -0.39 is 0 Å². The van der Waals surface area contributed by atoms with Crippen LogP contribution in [0.15, 0.2) is 46.3 Å². The smallest absolute Gasteiger partial charge is 0.262 e. The molecule has 0 unspecified atom stereocenters. The maximum atomic E-state index is 12.9. The van der Waals surface area contributed by atoms with Gasteiger partial charge in [0.15, 0.2) is 5.16 Å². The Morgan fingerprint density at radius 1 is 1.17 bits per heavy atom. The second-order valence-corrected chi connectivity index (χ2v) is 8.53. The quantitative estimate of drug-likeness (QED) is 0.377. The summed E-state index contributed by atoms with van der Waals surface area (Å²) < 4.78 is 6.61. The topological polar surface area (TPSA) is 73.2 Å². The molecule has 0 fully saturated rings. The van der Waals surface area contributed by atoms with Gasteiger partial charge in [0.25, 0.3) is 5.56 Å². The molecular formula is C20H18Cl3N3O3S. The van der Waals surface area contributed by atoms with Crippen LogP contribution in [0.3, 0.4) is 0 Å². The predicted octanol–water partition coefficient (Wildman–Crippen LogP) is 4.41. The van der Waals surface area contributed by atoms with Gasteiger partial charge >= 0.3 is 0 Å². The lowest BCUT2D eigenvalue weighted by molar-refractivity contribution is -0.118. The van der Waals surface area contributed by atoms with Gasteiger partial charge in [0.05, 0.1) is 29.8 Å². The average Bonchev–Trinajstić information content (AvgIpc) is 2.71. The molecule has 0 aliphatic heterocycles. The van der Waals surface area contributed by atoms with E-state index in [2.05, 4.69) is 10.3 Å². The minimum Gasteiger partial charge on any atom is -0.383 e. The number of carbonyl (C=O) groups excluding carboxylic acids is 1. The van der Waals surface area contributed by atoms with E-state index in [1.165, 1.54) is 16.3 Å². The molecule has 0 aliphatic carbocycles. The van der Waals surface area contributed by atoms with E-state index in [1.54, 1.807) is 43.5 Å². The van der Waals surface area contributed by atoms with Crippen LogP contribution in [0, 0.1) is 0 Å². The highest BCUT2D eigenvalue weighted by molar-refractivity contribution is 7.99. The Balaban J connectivity index is 1.75. The maximum absolute atomic E-state index is 12.9. The van der Waals surface area contributed by atoms with Crippen LogP contribution in [0.25, 0.3) is 10.9 Å². The Bertz CT molecular complexity index is 1140. The maximum Gasteiger partial charge on any atom is 0.262 e. The lowest BCUT2D eigenvalue weighted by Gasteiger charge is -2.13. The highest BCUT2D eigenvalue weighted by atomic mass is 35.5. The van der Waals surface area contributed by atoms with Gasteiger partial charge in [0.2, 0.25) is 5.91 Å². The molecule has 0 radical (unpaired) electrons. The van der Waals surface area contributed by atoms with E-state index in [9.17, 15) is 9.59 Å². The van der Waals surface area contributed by atoms with E-state index in [1.807, 2.05) is 0 Å². The molecule has 0 aliphatic rings. The minimum absolute atomic E-state index is 0.0801. The number of carbonyl (C=O) groups is 1. The molecule has 0 saturated heterocycles. The number of nitrogens with one attached hydrogen (secondary N) is 1. The fourth-order valence-corrected chi connectivity index (χ4v) is 4.20. The fraction of sp³-hybridized carbons (Fsp3) is 0.250. The Hall–Kier alpha value is -1.77. The van der Waals surface area contributed by atoms with Crippen LogP contribution in [0.5, 0.6) is 0 Å².